The predicted molar refractivity (Wildman–Crippen MR) is 72.4 cm³/mol. The molecule has 1 aromatic carbocycles. The van der Waals surface area contributed by atoms with Crippen LogP contribution in [0.3, 0.4) is 0 Å². The summed E-state index contributed by atoms with van der Waals surface area (Å²) in [5.74, 6) is -0.0362. The molecule has 2 rings (SSSR count). The molecule has 17 heavy (non-hydrogen) atoms. The van der Waals surface area contributed by atoms with Crippen LogP contribution in [0.1, 0.15) is 0 Å². The summed E-state index contributed by atoms with van der Waals surface area (Å²) in [6.45, 7) is 0. The van der Waals surface area contributed by atoms with Crippen LogP contribution in [0.4, 0.5) is 10.5 Å². The Morgan fingerprint density at radius 2 is 1.94 bits per heavy atom. The molecule has 0 bridgehead atoms. The van der Waals surface area contributed by atoms with Crippen molar-refractivity contribution >= 4 is 58.0 Å². The van der Waals surface area contributed by atoms with Gasteiger partial charge >= 0.3 is 6.03 Å². The molecule has 0 atom stereocenters. The minimum Gasteiger partial charge on any atom is -0.284 e. The summed E-state index contributed by atoms with van der Waals surface area (Å²) in [6.07, 6.45) is 0. The van der Waals surface area contributed by atoms with Crippen molar-refractivity contribution in [1.29, 1.82) is 5.41 Å². The lowest BCUT2D eigenvalue weighted by Gasteiger charge is -2.15. The van der Waals surface area contributed by atoms with E-state index in [1.54, 1.807) is 12.1 Å². The number of likely N-dealkylation sites (N-methyl/N-ethyl adjacent to an activating group) is 1. The van der Waals surface area contributed by atoms with Gasteiger partial charge in [0.2, 0.25) is 0 Å². The number of thiocarbonyl (C=S) groups is 1. The van der Waals surface area contributed by atoms with Gasteiger partial charge in [-0.05, 0) is 18.2 Å². The Hall–Kier alpha value is -1.17. The van der Waals surface area contributed by atoms with Crippen LogP contribution in [-0.2, 0) is 0 Å². The number of nitrogens with zero attached hydrogens (tertiary/aromatic N) is 2. The zero-order valence-corrected chi connectivity index (χ0v) is 11.0. The van der Waals surface area contributed by atoms with Gasteiger partial charge in [0.25, 0.3) is 0 Å². The largest absolute Gasteiger partial charge is 0.335 e. The molecule has 1 fully saturated rings. The van der Waals surface area contributed by atoms with Crippen molar-refractivity contribution < 1.29 is 4.79 Å². The Morgan fingerprint density at radius 1 is 1.29 bits per heavy atom. The van der Waals surface area contributed by atoms with E-state index in [1.165, 1.54) is 22.9 Å². The number of urea groups is 1. The number of amidine groups is 1. The molecule has 4 nitrogen and oxygen atoms in total. The van der Waals surface area contributed by atoms with Crippen LogP contribution >= 0.6 is 35.4 Å². The summed E-state index contributed by atoms with van der Waals surface area (Å²) in [7, 11) is 1.52. The number of anilines is 1. The fourth-order valence-corrected chi connectivity index (χ4v) is 1.91. The second kappa shape index (κ2) is 4.25. The highest BCUT2D eigenvalue weighted by molar-refractivity contribution is 7.82. The Kier molecular flexibility index (Phi) is 3.07. The topological polar surface area (TPSA) is 47.4 Å². The van der Waals surface area contributed by atoms with Crippen LogP contribution in [0.5, 0.6) is 0 Å². The second-order valence-corrected chi connectivity index (χ2v) is 4.63. The van der Waals surface area contributed by atoms with Crippen molar-refractivity contribution in [3.8, 4) is 0 Å². The lowest BCUT2D eigenvalue weighted by Crippen LogP contribution is -2.31. The monoisotopic (exact) mass is 287 g/mol. The van der Waals surface area contributed by atoms with Crippen molar-refractivity contribution in [3.63, 3.8) is 0 Å². The van der Waals surface area contributed by atoms with Crippen LogP contribution in [0.15, 0.2) is 18.2 Å². The number of benzene rings is 1. The fraction of sp³-hybridized carbons (Fsp3) is 0.100. The van der Waals surface area contributed by atoms with Crippen molar-refractivity contribution in [3.05, 3.63) is 28.2 Å². The maximum atomic E-state index is 11.9. The Labute approximate surface area is 113 Å². The molecule has 1 heterocycles. The molecule has 0 aromatic heterocycles. The number of carbonyl (C=O) groups excluding carboxylic acids is 1. The summed E-state index contributed by atoms with van der Waals surface area (Å²) < 4.78 is 0. The first kappa shape index (κ1) is 12.3. The minimum atomic E-state index is -0.376. The molecule has 0 aliphatic carbocycles. The van der Waals surface area contributed by atoms with Gasteiger partial charge in [-0.2, -0.15) is 0 Å². The molecule has 1 aliphatic heterocycles. The summed E-state index contributed by atoms with van der Waals surface area (Å²) in [5, 5.41) is 8.50. The predicted octanol–water partition coefficient (Wildman–Crippen LogP) is 3.17. The molecule has 88 valence electrons. The Bertz CT molecular complexity index is 546. The molecule has 0 radical (unpaired) electrons. The first-order chi connectivity index (χ1) is 7.93. The maximum Gasteiger partial charge on any atom is 0.335 e. The molecular weight excluding hydrogens is 281 g/mol. The van der Waals surface area contributed by atoms with Crippen LogP contribution in [-0.4, -0.2) is 28.8 Å². The molecule has 0 unspecified atom stereocenters. The van der Waals surface area contributed by atoms with E-state index in [1.807, 2.05) is 0 Å². The Balaban J connectivity index is 2.47. The number of amides is 2. The third-order valence-electron chi connectivity index (χ3n) is 2.37. The smallest absolute Gasteiger partial charge is 0.284 e. The van der Waals surface area contributed by atoms with Gasteiger partial charge < -0.3 is 0 Å². The molecule has 1 saturated heterocycles. The van der Waals surface area contributed by atoms with Crippen LogP contribution in [0, 0.1) is 5.41 Å². The third kappa shape index (κ3) is 1.90. The van der Waals surface area contributed by atoms with E-state index in [-0.39, 0.29) is 16.9 Å². The van der Waals surface area contributed by atoms with Gasteiger partial charge in [0.1, 0.15) is 0 Å². The first-order valence-corrected chi connectivity index (χ1v) is 5.75. The van der Waals surface area contributed by atoms with Crippen molar-refractivity contribution in [2.45, 2.75) is 0 Å². The van der Waals surface area contributed by atoms with Crippen LogP contribution in [0.2, 0.25) is 10.0 Å². The third-order valence-corrected chi connectivity index (χ3v) is 3.58. The van der Waals surface area contributed by atoms with E-state index >= 15 is 0 Å². The van der Waals surface area contributed by atoms with E-state index in [2.05, 4.69) is 0 Å². The van der Waals surface area contributed by atoms with Crippen molar-refractivity contribution in [1.82, 2.24) is 4.90 Å². The molecular formula is C10H7Cl2N3OS. The van der Waals surface area contributed by atoms with Gasteiger partial charge in [-0.3, -0.25) is 10.3 Å². The highest BCUT2D eigenvalue weighted by atomic mass is 35.5. The van der Waals surface area contributed by atoms with Gasteiger partial charge in [-0.15, -0.1) is 0 Å². The van der Waals surface area contributed by atoms with E-state index in [9.17, 15) is 4.79 Å². The van der Waals surface area contributed by atoms with Crippen molar-refractivity contribution in [2.75, 3.05) is 11.9 Å². The molecule has 7 heteroatoms. The van der Waals surface area contributed by atoms with Gasteiger partial charge in [0, 0.05) is 7.05 Å². The number of rotatable bonds is 1. The average molecular weight is 288 g/mol. The molecule has 1 aliphatic rings. The molecule has 1 N–H and O–H groups in total. The number of hydrogen-bond acceptors (Lipinski definition) is 3. The number of halogens is 2. The van der Waals surface area contributed by atoms with Gasteiger partial charge in [0.05, 0.1) is 15.7 Å². The van der Waals surface area contributed by atoms with E-state index in [0.29, 0.717) is 15.7 Å². The minimum absolute atomic E-state index is 0.0362. The second-order valence-electron chi connectivity index (χ2n) is 3.43. The Morgan fingerprint density at radius 3 is 2.41 bits per heavy atom. The lowest BCUT2D eigenvalue weighted by atomic mass is 10.3. The van der Waals surface area contributed by atoms with E-state index in [4.69, 9.17) is 40.8 Å². The number of nitrogens with one attached hydrogen (secondary N) is 1. The van der Waals surface area contributed by atoms with Gasteiger partial charge in [-0.1, -0.05) is 35.4 Å². The molecule has 0 spiro atoms. The van der Waals surface area contributed by atoms with Crippen molar-refractivity contribution in [2.24, 2.45) is 0 Å². The van der Waals surface area contributed by atoms with E-state index in [0.717, 1.165) is 0 Å². The number of hydrogen-bond donors (Lipinski definition) is 1. The summed E-state index contributed by atoms with van der Waals surface area (Å²) in [6, 6.07) is 4.33. The quantitative estimate of drug-likeness (QED) is 0.807. The molecule has 0 saturated carbocycles. The zero-order chi connectivity index (χ0) is 12.7. The summed E-state index contributed by atoms with van der Waals surface area (Å²) >= 11 is 16.6. The lowest BCUT2D eigenvalue weighted by molar-refractivity contribution is 0.238. The zero-order valence-electron chi connectivity index (χ0n) is 8.70. The number of carbonyl (C=O) groups is 1. The molecule has 2 amide bonds. The highest BCUT2D eigenvalue weighted by Crippen LogP contribution is 2.29. The van der Waals surface area contributed by atoms with E-state index < -0.39 is 0 Å². The van der Waals surface area contributed by atoms with Crippen LogP contribution < -0.4 is 4.90 Å². The van der Waals surface area contributed by atoms with Crippen LogP contribution in [0.25, 0.3) is 0 Å². The van der Waals surface area contributed by atoms with Gasteiger partial charge in [0.15, 0.2) is 10.8 Å². The average Bonchev–Trinajstić information content (AvgIpc) is 2.48. The fourth-order valence-electron chi connectivity index (χ4n) is 1.45. The highest BCUT2D eigenvalue weighted by Gasteiger charge is 2.37. The summed E-state index contributed by atoms with van der Waals surface area (Å²) in [5.41, 5.74) is 0.473. The first-order valence-electron chi connectivity index (χ1n) is 4.59. The standard InChI is InChI=1S/C10H7Cl2N3OS/c1-14-9(17)8(13)15(10(14)16)5-2-3-6(11)7(12)4-5/h2-4,13H,1H3. The normalized spacial score (nSPS) is 16.1. The van der Waals surface area contributed by atoms with Gasteiger partial charge in [-0.25, -0.2) is 9.69 Å². The SMILES string of the molecule is CN1C(=O)N(c2ccc(Cl)c(Cl)c2)C(=N)C1=S. The molecule has 1 aromatic rings. The summed E-state index contributed by atoms with van der Waals surface area (Å²) in [4.78, 5) is 14.5. The maximum absolute atomic E-state index is 11.9.